The molecule has 1 saturated heterocycles. The Morgan fingerprint density at radius 3 is 2.88 bits per heavy atom. The zero-order chi connectivity index (χ0) is 18.0. The van der Waals surface area contributed by atoms with Crippen LogP contribution in [0.4, 0.5) is 5.69 Å². The third-order valence-corrected chi connectivity index (χ3v) is 5.01. The Balaban J connectivity index is 1.88. The molecule has 0 aliphatic carbocycles. The number of amidine groups is 1. The third-order valence-electron chi connectivity index (χ3n) is 3.26. The van der Waals surface area contributed by atoms with Crippen molar-refractivity contribution in [1.82, 2.24) is 5.32 Å². The topological polar surface area (TPSA) is 70.9 Å². The highest BCUT2D eigenvalue weighted by Crippen LogP contribution is 2.37. The van der Waals surface area contributed by atoms with Gasteiger partial charge in [-0.3, -0.25) is 4.79 Å². The van der Waals surface area contributed by atoms with Crippen LogP contribution in [0.2, 0.25) is 5.02 Å². The van der Waals surface area contributed by atoms with E-state index in [1.54, 1.807) is 42.5 Å². The van der Waals surface area contributed by atoms with Crippen molar-refractivity contribution in [2.24, 2.45) is 4.99 Å². The summed E-state index contributed by atoms with van der Waals surface area (Å²) in [6.07, 6.45) is 1.70. The second-order valence-corrected chi connectivity index (χ2v) is 7.34. The number of ether oxygens (including phenoxy) is 1. The van der Waals surface area contributed by atoms with Crippen LogP contribution in [0.1, 0.15) is 5.56 Å². The number of hydrogen-bond acceptors (Lipinski definition) is 5. The SMILES string of the molecule is COc1cc(/C=C2/SC(=Nc3cccc(Cl)c3)NC2=O)cc(Br)c1O. The van der Waals surface area contributed by atoms with E-state index in [0.29, 0.717) is 36.6 Å². The van der Waals surface area contributed by atoms with Gasteiger partial charge in [0.05, 0.1) is 22.2 Å². The summed E-state index contributed by atoms with van der Waals surface area (Å²) in [5, 5.41) is 13.6. The molecule has 0 atom stereocenters. The molecule has 25 heavy (non-hydrogen) atoms. The Labute approximate surface area is 161 Å². The quantitative estimate of drug-likeness (QED) is 0.680. The fourth-order valence-corrected chi connectivity index (χ4v) is 3.61. The van der Waals surface area contributed by atoms with Gasteiger partial charge in [-0.05, 0) is 69.7 Å². The summed E-state index contributed by atoms with van der Waals surface area (Å²) < 4.78 is 5.60. The number of thioether (sulfide) groups is 1. The van der Waals surface area contributed by atoms with Crippen LogP contribution in [-0.4, -0.2) is 23.3 Å². The molecule has 0 bridgehead atoms. The molecule has 3 rings (SSSR count). The number of benzene rings is 2. The summed E-state index contributed by atoms with van der Waals surface area (Å²) in [6.45, 7) is 0. The monoisotopic (exact) mass is 438 g/mol. The number of halogens is 2. The lowest BCUT2D eigenvalue weighted by Gasteiger charge is -2.06. The number of carbonyl (C=O) groups is 1. The van der Waals surface area contributed by atoms with E-state index >= 15 is 0 Å². The summed E-state index contributed by atoms with van der Waals surface area (Å²) in [7, 11) is 1.46. The first-order valence-electron chi connectivity index (χ1n) is 7.08. The molecule has 1 fully saturated rings. The minimum absolute atomic E-state index is 0.0105. The summed E-state index contributed by atoms with van der Waals surface area (Å²) in [5.41, 5.74) is 1.37. The predicted molar refractivity (Wildman–Crippen MR) is 105 cm³/mol. The fraction of sp³-hybridized carbons (Fsp3) is 0.0588. The van der Waals surface area contributed by atoms with Crippen LogP contribution in [0, 0.1) is 0 Å². The molecule has 1 aliphatic heterocycles. The lowest BCUT2D eigenvalue weighted by Crippen LogP contribution is -2.19. The van der Waals surface area contributed by atoms with Gasteiger partial charge in [-0.2, -0.15) is 0 Å². The van der Waals surface area contributed by atoms with Crippen LogP contribution in [0.25, 0.3) is 6.08 Å². The molecule has 2 aromatic carbocycles. The van der Waals surface area contributed by atoms with E-state index < -0.39 is 0 Å². The Hall–Kier alpha value is -1.96. The fourth-order valence-electron chi connectivity index (χ4n) is 2.13. The number of carbonyl (C=O) groups excluding carboxylic acids is 1. The van der Waals surface area contributed by atoms with Gasteiger partial charge < -0.3 is 15.2 Å². The third kappa shape index (κ3) is 4.18. The van der Waals surface area contributed by atoms with E-state index in [9.17, 15) is 9.90 Å². The van der Waals surface area contributed by atoms with Gasteiger partial charge in [-0.1, -0.05) is 17.7 Å². The number of rotatable bonds is 3. The first kappa shape index (κ1) is 17.8. The van der Waals surface area contributed by atoms with Gasteiger partial charge in [0.15, 0.2) is 16.7 Å². The maximum atomic E-state index is 12.2. The Morgan fingerprint density at radius 1 is 1.36 bits per heavy atom. The molecule has 1 amide bonds. The number of nitrogens with one attached hydrogen (secondary N) is 1. The van der Waals surface area contributed by atoms with Crippen LogP contribution in [-0.2, 0) is 4.79 Å². The maximum Gasteiger partial charge on any atom is 0.264 e. The molecular weight excluding hydrogens is 428 g/mol. The van der Waals surface area contributed by atoms with E-state index in [4.69, 9.17) is 16.3 Å². The standard InChI is InChI=1S/C17H12BrClN2O3S/c1-24-13-6-9(5-12(18)15(13)22)7-14-16(23)21-17(25-14)20-11-4-2-3-10(19)8-11/h2-8,22H,1H3,(H,20,21,23)/b14-7+. The summed E-state index contributed by atoms with van der Waals surface area (Å²) >= 11 is 10.4. The highest BCUT2D eigenvalue weighted by molar-refractivity contribution is 9.10. The number of aliphatic imine (C=N–C) groups is 1. The maximum absolute atomic E-state index is 12.2. The van der Waals surface area contributed by atoms with E-state index in [1.807, 2.05) is 0 Å². The molecule has 0 saturated carbocycles. The summed E-state index contributed by atoms with van der Waals surface area (Å²) in [6, 6.07) is 10.4. The van der Waals surface area contributed by atoms with E-state index in [-0.39, 0.29) is 11.7 Å². The minimum Gasteiger partial charge on any atom is -0.503 e. The Morgan fingerprint density at radius 2 is 2.16 bits per heavy atom. The number of amides is 1. The van der Waals surface area contributed by atoms with Gasteiger partial charge in [0.2, 0.25) is 0 Å². The first-order valence-corrected chi connectivity index (χ1v) is 9.06. The second-order valence-electron chi connectivity index (χ2n) is 5.02. The van der Waals surface area contributed by atoms with E-state index in [0.717, 1.165) is 0 Å². The van der Waals surface area contributed by atoms with Crippen LogP contribution in [0.5, 0.6) is 11.5 Å². The molecule has 1 heterocycles. The molecule has 2 N–H and O–H groups in total. The lowest BCUT2D eigenvalue weighted by molar-refractivity contribution is -0.115. The number of phenols is 1. The van der Waals surface area contributed by atoms with Crippen molar-refractivity contribution in [3.63, 3.8) is 0 Å². The Kier molecular flexibility index (Phi) is 5.36. The van der Waals surface area contributed by atoms with Crippen molar-refractivity contribution in [2.75, 3.05) is 7.11 Å². The minimum atomic E-state index is -0.242. The van der Waals surface area contributed by atoms with Crippen LogP contribution < -0.4 is 10.1 Å². The second kappa shape index (κ2) is 7.51. The van der Waals surface area contributed by atoms with Crippen molar-refractivity contribution in [3.8, 4) is 11.5 Å². The van der Waals surface area contributed by atoms with Crippen molar-refractivity contribution in [2.45, 2.75) is 0 Å². The highest BCUT2D eigenvalue weighted by Gasteiger charge is 2.24. The lowest BCUT2D eigenvalue weighted by atomic mass is 10.2. The Bertz CT molecular complexity index is 915. The summed E-state index contributed by atoms with van der Waals surface area (Å²) in [5.74, 6) is 0.0859. The molecule has 5 nitrogen and oxygen atoms in total. The molecule has 1 aliphatic rings. The molecule has 128 valence electrons. The van der Waals surface area contributed by atoms with Crippen molar-refractivity contribution in [3.05, 3.63) is 56.4 Å². The molecule has 0 radical (unpaired) electrons. The molecule has 0 spiro atoms. The average molecular weight is 440 g/mol. The molecule has 2 aromatic rings. The van der Waals surface area contributed by atoms with E-state index in [1.165, 1.54) is 18.9 Å². The van der Waals surface area contributed by atoms with Gasteiger partial charge >= 0.3 is 0 Å². The average Bonchev–Trinajstić information content (AvgIpc) is 2.90. The van der Waals surface area contributed by atoms with Gasteiger partial charge in [-0.15, -0.1) is 0 Å². The molecule has 0 aromatic heterocycles. The predicted octanol–water partition coefficient (Wildman–Crippen LogP) is 4.71. The molecular formula is C17H12BrClN2O3S. The normalized spacial score (nSPS) is 17.2. The zero-order valence-electron chi connectivity index (χ0n) is 12.9. The largest absolute Gasteiger partial charge is 0.503 e. The van der Waals surface area contributed by atoms with Gasteiger partial charge in [0, 0.05) is 5.02 Å². The number of methoxy groups -OCH3 is 1. The van der Waals surface area contributed by atoms with Crippen LogP contribution in [0.3, 0.4) is 0 Å². The van der Waals surface area contributed by atoms with Crippen molar-refractivity contribution >= 4 is 62.1 Å². The summed E-state index contributed by atoms with van der Waals surface area (Å²) in [4.78, 5) is 17.0. The van der Waals surface area contributed by atoms with Gasteiger partial charge in [0.25, 0.3) is 5.91 Å². The van der Waals surface area contributed by atoms with Crippen LogP contribution >= 0.6 is 39.3 Å². The number of nitrogens with zero attached hydrogens (tertiary/aromatic N) is 1. The van der Waals surface area contributed by atoms with Gasteiger partial charge in [-0.25, -0.2) is 4.99 Å². The van der Waals surface area contributed by atoms with Gasteiger partial charge in [0.1, 0.15) is 0 Å². The zero-order valence-corrected chi connectivity index (χ0v) is 16.1. The number of hydrogen-bond donors (Lipinski definition) is 2. The van der Waals surface area contributed by atoms with Crippen LogP contribution in [0.15, 0.2) is 50.8 Å². The van der Waals surface area contributed by atoms with Crippen molar-refractivity contribution < 1.29 is 14.6 Å². The van der Waals surface area contributed by atoms with E-state index in [2.05, 4.69) is 26.2 Å². The first-order chi connectivity index (χ1) is 12.0. The molecule has 0 unspecified atom stereocenters. The van der Waals surface area contributed by atoms with Crippen molar-refractivity contribution in [1.29, 1.82) is 0 Å². The number of aromatic hydroxyl groups is 1. The number of phenolic OH excluding ortho intramolecular Hbond substituents is 1. The highest BCUT2D eigenvalue weighted by atomic mass is 79.9. The molecule has 8 heteroatoms. The smallest absolute Gasteiger partial charge is 0.264 e.